The van der Waals surface area contributed by atoms with E-state index in [4.69, 9.17) is 0 Å². The van der Waals surface area contributed by atoms with Crippen molar-refractivity contribution in [2.24, 2.45) is 0 Å². The first-order valence-electron chi connectivity index (χ1n) is 11.5. The quantitative estimate of drug-likeness (QED) is 0.518. The Morgan fingerprint density at radius 2 is 1.79 bits per heavy atom. The van der Waals surface area contributed by atoms with Gasteiger partial charge in [0.15, 0.2) is 0 Å². The zero-order chi connectivity index (χ0) is 23.5. The molecule has 1 spiro atoms. The van der Waals surface area contributed by atoms with Gasteiger partial charge in [-0.05, 0) is 62.4 Å². The monoisotopic (exact) mass is 450 g/mol. The molecule has 1 fully saturated rings. The molecule has 0 bridgehead atoms. The Morgan fingerprint density at radius 3 is 2.48 bits per heavy atom. The van der Waals surface area contributed by atoms with E-state index < -0.39 is 11.8 Å². The first kappa shape index (κ1) is 21.7. The third-order valence-corrected chi connectivity index (χ3v) is 7.45. The molecule has 5 nitrogen and oxygen atoms in total. The van der Waals surface area contributed by atoms with E-state index in [1.165, 1.54) is 6.07 Å². The summed E-state index contributed by atoms with van der Waals surface area (Å²) < 4.78 is 26.8. The van der Waals surface area contributed by atoms with Crippen molar-refractivity contribution < 1.29 is 13.6 Å². The second-order valence-electron chi connectivity index (χ2n) is 9.39. The summed E-state index contributed by atoms with van der Waals surface area (Å²) in [6.45, 7) is 5.51. The Morgan fingerprint density at radius 1 is 1.09 bits per heavy atom. The van der Waals surface area contributed by atoms with E-state index in [-0.39, 0.29) is 17.5 Å². The van der Waals surface area contributed by atoms with E-state index in [2.05, 4.69) is 21.4 Å². The molecule has 3 aromatic rings. The number of aryl methyl sites for hydroxylation is 1. The summed E-state index contributed by atoms with van der Waals surface area (Å²) in [7, 11) is 1.84. The molecular weight excluding hydrogens is 422 g/mol. The molecule has 1 N–H and O–H groups in total. The van der Waals surface area contributed by atoms with Crippen molar-refractivity contribution in [2.75, 3.05) is 17.3 Å². The average molecular weight is 451 g/mol. The number of benzene rings is 2. The number of likely N-dealkylation sites (N-methyl/N-ethyl adjacent to an activating group) is 1. The number of carbonyl (C=O) groups is 1. The Bertz CT molecular complexity index is 1270. The van der Waals surface area contributed by atoms with Gasteiger partial charge in [-0.2, -0.15) is 0 Å². The van der Waals surface area contributed by atoms with E-state index in [9.17, 15) is 13.6 Å². The fourth-order valence-electron chi connectivity index (χ4n) is 5.72. The molecule has 1 aliphatic carbocycles. The lowest BCUT2D eigenvalue weighted by molar-refractivity contribution is -0.122. The van der Waals surface area contributed by atoms with Gasteiger partial charge in [0, 0.05) is 23.7 Å². The number of hydrogen-bond donors (Lipinski definition) is 1. The van der Waals surface area contributed by atoms with Crippen LogP contribution in [0.25, 0.3) is 10.9 Å². The minimum absolute atomic E-state index is 0.0485. The summed E-state index contributed by atoms with van der Waals surface area (Å²) >= 11 is 0. The van der Waals surface area contributed by atoms with Crippen LogP contribution in [0.3, 0.4) is 0 Å². The Hall–Kier alpha value is -3.09. The molecule has 1 unspecified atom stereocenters. The number of nitrogens with zero attached hydrogens (tertiary/aromatic N) is 3. The Balaban J connectivity index is 1.61. The van der Waals surface area contributed by atoms with Gasteiger partial charge in [-0.25, -0.2) is 18.7 Å². The predicted octanol–water partition coefficient (Wildman–Crippen LogP) is 6.15. The largest absolute Gasteiger partial charge is 0.363 e. The molecule has 1 aromatic heterocycles. The lowest BCUT2D eigenvalue weighted by Gasteiger charge is -2.23. The minimum atomic E-state index is -2.51. The summed E-state index contributed by atoms with van der Waals surface area (Å²) in [6, 6.07) is 8.84. The highest BCUT2D eigenvalue weighted by Crippen LogP contribution is 2.52. The van der Waals surface area contributed by atoms with E-state index in [1.54, 1.807) is 17.9 Å². The second-order valence-corrected chi connectivity index (χ2v) is 9.39. The number of rotatable bonds is 4. The van der Waals surface area contributed by atoms with Gasteiger partial charge in [-0.1, -0.05) is 31.0 Å². The number of carbonyl (C=O) groups excluding carboxylic acids is 1. The van der Waals surface area contributed by atoms with Crippen LogP contribution in [0.1, 0.15) is 73.2 Å². The average Bonchev–Trinajstić information content (AvgIpc) is 3.34. The third kappa shape index (κ3) is 3.28. The van der Waals surface area contributed by atoms with Crippen molar-refractivity contribution in [3.63, 3.8) is 0 Å². The van der Waals surface area contributed by atoms with Gasteiger partial charge < -0.3 is 10.2 Å². The zero-order valence-corrected chi connectivity index (χ0v) is 19.4. The van der Waals surface area contributed by atoms with Crippen LogP contribution in [0.4, 0.5) is 20.3 Å². The van der Waals surface area contributed by atoms with Gasteiger partial charge >= 0.3 is 0 Å². The fraction of sp³-hybridized carbons (Fsp3) is 0.423. The first-order chi connectivity index (χ1) is 15.7. The maximum absolute atomic E-state index is 13.4. The highest BCUT2D eigenvalue weighted by Gasteiger charge is 2.51. The first-order valence-corrected chi connectivity index (χ1v) is 11.5. The smallest absolute Gasteiger partial charge is 0.264 e. The number of halogens is 2. The molecule has 7 heteroatoms. The number of fused-ring (bicyclic) bond motifs is 3. The highest BCUT2D eigenvalue weighted by molar-refractivity contribution is 6.10. The van der Waals surface area contributed by atoms with Gasteiger partial charge in [-0.3, -0.25) is 4.79 Å². The summed E-state index contributed by atoms with van der Waals surface area (Å²) in [5, 5.41) is 4.30. The van der Waals surface area contributed by atoms with Crippen molar-refractivity contribution >= 4 is 28.3 Å². The van der Waals surface area contributed by atoms with Crippen molar-refractivity contribution in [3.05, 3.63) is 58.4 Å². The molecule has 0 radical (unpaired) electrons. The molecule has 1 saturated carbocycles. The highest BCUT2D eigenvalue weighted by atomic mass is 19.3. The molecule has 5 rings (SSSR count). The van der Waals surface area contributed by atoms with Crippen LogP contribution in [-0.2, 0) is 10.2 Å². The van der Waals surface area contributed by atoms with Crippen molar-refractivity contribution in [3.8, 4) is 0 Å². The maximum atomic E-state index is 13.4. The summed E-state index contributed by atoms with van der Waals surface area (Å²) in [6.07, 6.45) is 1.30. The van der Waals surface area contributed by atoms with E-state index in [1.807, 2.05) is 33.0 Å². The molecule has 1 amide bonds. The van der Waals surface area contributed by atoms with Gasteiger partial charge in [0.05, 0.1) is 17.0 Å². The Labute approximate surface area is 192 Å². The van der Waals surface area contributed by atoms with Gasteiger partial charge in [0.1, 0.15) is 11.6 Å². The van der Waals surface area contributed by atoms with Gasteiger partial charge in [-0.15, -0.1) is 0 Å². The molecule has 2 heterocycles. The summed E-state index contributed by atoms with van der Waals surface area (Å²) in [5.74, 6) is 1.43. The Kier molecular flexibility index (Phi) is 5.10. The lowest BCUT2D eigenvalue weighted by atomic mass is 9.79. The number of nitrogens with one attached hydrogen (secondary N) is 1. The van der Waals surface area contributed by atoms with E-state index in [0.29, 0.717) is 17.2 Å². The fourth-order valence-corrected chi connectivity index (χ4v) is 5.72. The van der Waals surface area contributed by atoms with Gasteiger partial charge in [0.25, 0.3) is 6.43 Å². The van der Waals surface area contributed by atoms with E-state index in [0.717, 1.165) is 53.4 Å². The molecule has 2 aliphatic rings. The molecule has 0 saturated heterocycles. The summed E-state index contributed by atoms with van der Waals surface area (Å²) in [4.78, 5) is 24.3. The van der Waals surface area contributed by atoms with Gasteiger partial charge in [0.2, 0.25) is 5.91 Å². The SMILES string of the molecule is Cc1nc(NC(C)c2cccc(C(F)F)c2C)c2cc3c(cc2n1)N(C)C(=O)C31CCCC1. The predicted molar refractivity (Wildman–Crippen MR) is 126 cm³/mol. The molecule has 1 atom stereocenters. The van der Waals surface area contributed by atoms with Crippen LogP contribution in [0.5, 0.6) is 0 Å². The van der Waals surface area contributed by atoms with Crippen LogP contribution in [0, 0.1) is 13.8 Å². The number of hydrogen-bond acceptors (Lipinski definition) is 4. The standard InChI is InChI=1S/C26H28F2N4O/c1-14-17(8-7-9-18(14)23(27)28)15(2)29-24-19-12-20-22(13-21(19)30-16(3)31-24)32(4)25(33)26(20)10-5-6-11-26/h7-9,12-13,15,23H,5-6,10-11H2,1-4H3,(H,29,30,31). The lowest BCUT2D eigenvalue weighted by Crippen LogP contribution is -2.36. The topological polar surface area (TPSA) is 58.1 Å². The number of aromatic nitrogens is 2. The second kappa shape index (κ2) is 7.75. The summed E-state index contributed by atoms with van der Waals surface area (Å²) in [5.41, 5.74) is 3.73. The van der Waals surface area contributed by atoms with Crippen molar-refractivity contribution in [1.29, 1.82) is 0 Å². The van der Waals surface area contributed by atoms with E-state index >= 15 is 0 Å². The molecule has 33 heavy (non-hydrogen) atoms. The number of alkyl halides is 2. The maximum Gasteiger partial charge on any atom is 0.264 e. The van der Waals surface area contributed by atoms with Crippen LogP contribution in [0.2, 0.25) is 0 Å². The van der Waals surface area contributed by atoms with Crippen molar-refractivity contribution in [2.45, 2.75) is 64.3 Å². The molecule has 1 aliphatic heterocycles. The third-order valence-electron chi connectivity index (χ3n) is 7.45. The number of amides is 1. The van der Waals surface area contributed by atoms with Crippen LogP contribution < -0.4 is 10.2 Å². The molecule has 2 aromatic carbocycles. The van der Waals surface area contributed by atoms with Crippen LogP contribution in [0.15, 0.2) is 30.3 Å². The molecular formula is C26H28F2N4O. The van der Waals surface area contributed by atoms with Crippen LogP contribution in [-0.4, -0.2) is 22.9 Å². The van der Waals surface area contributed by atoms with Crippen molar-refractivity contribution in [1.82, 2.24) is 9.97 Å². The number of anilines is 2. The normalized spacial score (nSPS) is 17.9. The zero-order valence-electron chi connectivity index (χ0n) is 19.4. The minimum Gasteiger partial charge on any atom is -0.363 e. The molecule has 172 valence electrons. The van der Waals surface area contributed by atoms with Crippen LogP contribution >= 0.6 is 0 Å².